The molecule has 0 aliphatic carbocycles. The molecule has 0 rings (SSSR count). The molecule has 0 fully saturated rings. The maximum atomic E-state index is 12.3. The maximum absolute atomic E-state index is 12.3. The minimum absolute atomic E-state index is 0.0385. The van der Waals surface area contributed by atoms with Gasteiger partial charge < -0.3 is 24.4 Å². The third-order valence-corrected chi connectivity index (χ3v) is 8.05. The number of carbonyl (C=O) groups is 1. The molecule has 0 aromatic carbocycles. The Kier molecular flexibility index (Phi) is 32.0. The number of allylic oxidation sites excluding steroid dienone is 6. The monoisotopic (exact) mass is 670 g/mol. The summed E-state index contributed by atoms with van der Waals surface area (Å²) >= 11 is 0. The summed E-state index contributed by atoms with van der Waals surface area (Å²) in [4.78, 5) is 30.4. The highest BCUT2D eigenvalue weighted by molar-refractivity contribution is 7.46. The molecule has 268 valence electrons. The topological polar surface area (TPSA) is 123 Å². The van der Waals surface area contributed by atoms with Gasteiger partial charge in [0.2, 0.25) is 0 Å². The molecule has 0 radical (unpaired) electrons. The number of phosphoric ester groups is 1. The summed E-state index contributed by atoms with van der Waals surface area (Å²) in [5.74, 6) is -0.442. The van der Waals surface area contributed by atoms with Crippen molar-refractivity contribution < 1.29 is 38.3 Å². The van der Waals surface area contributed by atoms with E-state index in [9.17, 15) is 14.5 Å². The summed E-state index contributed by atoms with van der Waals surface area (Å²) < 4.78 is 26.6. The number of hydrogen-bond acceptors (Lipinski definition) is 6. The Hall–Kier alpha value is -1.70. The fourth-order valence-corrected chi connectivity index (χ4v) is 5.24. The maximum Gasteiger partial charge on any atom is 0.469 e. The zero-order valence-corrected chi connectivity index (χ0v) is 30.0. The number of esters is 1. The van der Waals surface area contributed by atoms with Gasteiger partial charge in [-0.1, -0.05) is 147 Å². The lowest BCUT2D eigenvalue weighted by molar-refractivity contribution is -0.153. The van der Waals surface area contributed by atoms with Crippen molar-refractivity contribution in [1.29, 1.82) is 0 Å². The second-order valence-corrected chi connectivity index (χ2v) is 13.3. The number of aliphatic hydroxyl groups excluding tert-OH is 1. The summed E-state index contributed by atoms with van der Waals surface area (Å²) in [6.07, 6.45) is 37.8. The quantitative estimate of drug-likeness (QED) is 0.0157. The van der Waals surface area contributed by atoms with Crippen LogP contribution in [-0.2, 0) is 23.4 Å². The molecule has 0 saturated heterocycles. The fourth-order valence-electron chi connectivity index (χ4n) is 4.88. The molecule has 0 aliphatic heterocycles. The van der Waals surface area contributed by atoms with Crippen LogP contribution in [-0.4, -0.2) is 46.3 Å². The smallest absolute Gasteiger partial charge is 0.469 e. The summed E-state index contributed by atoms with van der Waals surface area (Å²) in [5.41, 5.74) is 0. The molecule has 0 aliphatic rings. The number of aliphatic hydroxyl groups is 1. The van der Waals surface area contributed by atoms with Crippen molar-refractivity contribution in [1.82, 2.24) is 0 Å². The number of rotatable bonds is 33. The minimum atomic E-state index is -4.69. The average molecular weight is 671 g/mol. The highest BCUT2D eigenvalue weighted by atomic mass is 31.2. The van der Waals surface area contributed by atoms with E-state index in [1.54, 1.807) is 6.26 Å². The van der Waals surface area contributed by atoms with Crippen LogP contribution in [0.25, 0.3) is 0 Å². The Morgan fingerprint density at radius 2 is 1.33 bits per heavy atom. The molecule has 0 spiro atoms. The van der Waals surface area contributed by atoms with Crippen LogP contribution in [0.3, 0.4) is 0 Å². The molecule has 0 bridgehead atoms. The molecule has 8 nitrogen and oxygen atoms in total. The lowest BCUT2D eigenvalue weighted by Gasteiger charge is -2.18. The standard InChI is InChI=1S/C37H67O8P/c1-3-5-7-9-11-12-13-14-15-16-17-19-24-28-32-43-33-36(34-44-46(40,41)42)45-37(39)31-27-23-20-22-26-30-35(38)29-25-21-18-10-8-6-4-2/h6,8,18,21,25,28-29,32,35-36,38H,3-5,7,9-17,19-20,22-24,26-27,30-31,33-34H2,1-2H3,(H2,40,41,42)/b8-6+,21-18+,29-25+,32-28+/t35?,36-/m1/s1. The first-order valence-electron chi connectivity index (χ1n) is 18.1. The first-order valence-corrected chi connectivity index (χ1v) is 19.6. The van der Waals surface area contributed by atoms with Gasteiger partial charge in [0.25, 0.3) is 0 Å². The molecule has 3 N–H and O–H groups in total. The van der Waals surface area contributed by atoms with Crippen LogP contribution < -0.4 is 0 Å². The SMILES string of the molecule is CC/C=C/C/C=C/C=C/C(O)CCCCCCCC(=O)O[C@H](CO/C=C/CCCCCCCCCCCCCC)COP(=O)(O)O. The van der Waals surface area contributed by atoms with Crippen molar-refractivity contribution in [3.8, 4) is 0 Å². The van der Waals surface area contributed by atoms with Crippen LogP contribution in [0.4, 0.5) is 0 Å². The van der Waals surface area contributed by atoms with E-state index in [2.05, 4.69) is 36.6 Å². The third-order valence-electron chi connectivity index (χ3n) is 7.56. The first kappa shape index (κ1) is 44.3. The Morgan fingerprint density at radius 1 is 0.717 bits per heavy atom. The Morgan fingerprint density at radius 3 is 1.96 bits per heavy atom. The molecule has 0 amide bonds. The highest BCUT2D eigenvalue weighted by Crippen LogP contribution is 2.35. The van der Waals surface area contributed by atoms with Crippen molar-refractivity contribution in [3.63, 3.8) is 0 Å². The second-order valence-electron chi connectivity index (χ2n) is 12.1. The molecule has 0 saturated carbocycles. The van der Waals surface area contributed by atoms with Gasteiger partial charge in [-0.05, 0) is 44.6 Å². The van der Waals surface area contributed by atoms with Crippen LogP contribution >= 0.6 is 7.82 Å². The molecule has 9 heteroatoms. The van der Waals surface area contributed by atoms with E-state index >= 15 is 0 Å². The van der Waals surface area contributed by atoms with Gasteiger partial charge in [-0.15, -0.1) is 0 Å². The predicted molar refractivity (Wildman–Crippen MR) is 189 cm³/mol. The van der Waals surface area contributed by atoms with Crippen LogP contribution in [0.2, 0.25) is 0 Å². The molecule has 1 unspecified atom stereocenters. The van der Waals surface area contributed by atoms with Gasteiger partial charge in [0.15, 0.2) is 6.10 Å². The molecular formula is C37H67O8P. The Labute approximate surface area is 281 Å². The zero-order valence-electron chi connectivity index (χ0n) is 29.1. The van der Waals surface area contributed by atoms with Gasteiger partial charge in [-0.25, -0.2) is 4.57 Å². The average Bonchev–Trinajstić information content (AvgIpc) is 3.02. The van der Waals surface area contributed by atoms with E-state index in [1.807, 2.05) is 24.3 Å². The van der Waals surface area contributed by atoms with Gasteiger partial charge in [-0.3, -0.25) is 9.32 Å². The zero-order chi connectivity index (χ0) is 34.0. The van der Waals surface area contributed by atoms with Crippen molar-refractivity contribution in [2.24, 2.45) is 0 Å². The normalized spacial score (nSPS) is 13.8. The third kappa shape index (κ3) is 35.2. The van der Waals surface area contributed by atoms with Crippen LogP contribution in [0, 0.1) is 0 Å². The number of phosphoric acid groups is 1. The highest BCUT2D eigenvalue weighted by Gasteiger charge is 2.21. The van der Waals surface area contributed by atoms with Crippen LogP contribution in [0.5, 0.6) is 0 Å². The van der Waals surface area contributed by atoms with Crippen molar-refractivity contribution in [2.75, 3.05) is 13.2 Å². The summed E-state index contributed by atoms with van der Waals surface area (Å²) in [5, 5.41) is 10.1. The van der Waals surface area contributed by atoms with Crippen molar-refractivity contribution >= 4 is 13.8 Å². The lowest BCUT2D eigenvalue weighted by Crippen LogP contribution is -2.27. The van der Waals surface area contributed by atoms with Crippen molar-refractivity contribution in [2.45, 2.75) is 167 Å². The Balaban J connectivity index is 4.02. The largest absolute Gasteiger partial charge is 0.498 e. The number of carbonyl (C=O) groups excluding carboxylic acids is 1. The van der Waals surface area contributed by atoms with Gasteiger partial charge in [0.1, 0.15) is 6.61 Å². The lowest BCUT2D eigenvalue weighted by atomic mass is 10.0. The van der Waals surface area contributed by atoms with E-state index in [-0.39, 0.29) is 13.0 Å². The van der Waals surface area contributed by atoms with E-state index in [0.717, 1.165) is 51.4 Å². The minimum Gasteiger partial charge on any atom is -0.498 e. The van der Waals surface area contributed by atoms with Crippen LogP contribution in [0.1, 0.15) is 155 Å². The molecule has 0 aromatic heterocycles. The summed E-state index contributed by atoms with van der Waals surface area (Å²) in [6.45, 7) is 3.88. The Bertz CT molecular complexity index is 848. The molecule has 46 heavy (non-hydrogen) atoms. The first-order chi connectivity index (χ1) is 22.3. The van der Waals surface area contributed by atoms with Crippen molar-refractivity contribution in [3.05, 3.63) is 48.8 Å². The number of hydrogen-bond donors (Lipinski definition) is 3. The van der Waals surface area contributed by atoms with E-state index in [0.29, 0.717) is 12.8 Å². The van der Waals surface area contributed by atoms with Gasteiger partial charge >= 0.3 is 13.8 Å². The second kappa shape index (κ2) is 33.2. The summed E-state index contributed by atoms with van der Waals surface area (Å²) in [7, 11) is -4.69. The van der Waals surface area contributed by atoms with E-state index in [4.69, 9.17) is 19.3 Å². The van der Waals surface area contributed by atoms with E-state index < -0.39 is 32.6 Å². The predicted octanol–water partition coefficient (Wildman–Crippen LogP) is 10.2. The molecule has 2 atom stereocenters. The van der Waals surface area contributed by atoms with E-state index in [1.165, 1.54) is 70.6 Å². The van der Waals surface area contributed by atoms with Gasteiger partial charge in [0.05, 0.1) is 19.0 Å². The fraction of sp³-hybridized carbons (Fsp3) is 0.757. The van der Waals surface area contributed by atoms with Gasteiger partial charge in [0, 0.05) is 6.42 Å². The summed E-state index contributed by atoms with van der Waals surface area (Å²) in [6, 6.07) is 0. The number of ether oxygens (including phenoxy) is 2. The van der Waals surface area contributed by atoms with Crippen LogP contribution in [0.15, 0.2) is 48.8 Å². The number of unbranched alkanes of at least 4 members (excludes halogenated alkanes) is 16. The molecule has 0 aromatic rings. The molecule has 0 heterocycles. The molecular weight excluding hydrogens is 603 g/mol. The van der Waals surface area contributed by atoms with Gasteiger partial charge in [-0.2, -0.15) is 0 Å².